The van der Waals surface area contributed by atoms with Crippen LogP contribution in [-0.4, -0.2) is 0 Å². The monoisotopic (exact) mass is 192 g/mol. The van der Waals surface area contributed by atoms with Crippen molar-refractivity contribution in [3.05, 3.63) is 35.4 Å². The summed E-state index contributed by atoms with van der Waals surface area (Å²) >= 11 is 0. The van der Waals surface area contributed by atoms with Crippen LogP contribution >= 0.6 is 0 Å². The minimum atomic E-state index is 1.22. The molecule has 0 heterocycles. The molecule has 0 aliphatic heterocycles. The summed E-state index contributed by atoms with van der Waals surface area (Å²) in [6.45, 7) is 8.46. The summed E-state index contributed by atoms with van der Waals surface area (Å²) in [5.41, 5.74) is 2.98. The number of benzene rings is 1. The summed E-state index contributed by atoms with van der Waals surface area (Å²) in [4.78, 5) is 0. The molecule has 1 aromatic carbocycles. The maximum absolute atomic E-state index is 2.34. The average Bonchev–Trinajstić information content (AvgIpc) is 2.22. The van der Waals surface area contributed by atoms with Gasteiger partial charge in [0.2, 0.25) is 0 Å². The molecule has 0 aliphatic carbocycles. The summed E-state index contributed by atoms with van der Waals surface area (Å²) in [6, 6.07) is 8.97. The van der Waals surface area contributed by atoms with Crippen LogP contribution in [0.1, 0.15) is 51.7 Å². The predicted molar refractivity (Wildman–Crippen MR) is 65.8 cm³/mol. The molecule has 14 heavy (non-hydrogen) atoms. The smallest absolute Gasteiger partial charge is 0.0281 e. The lowest BCUT2D eigenvalue weighted by atomic mass is 10.0. The van der Waals surface area contributed by atoms with Crippen LogP contribution in [0.2, 0.25) is 0 Å². The van der Waals surface area contributed by atoms with Crippen molar-refractivity contribution >= 4 is 0 Å². The van der Waals surface area contributed by atoms with Gasteiger partial charge in [-0.25, -0.2) is 0 Å². The third kappa shape index (κ3) is 5.06. The van der Waals surface area contributed by atoms with E-state index in [2.05, 4.69) is 38.1 Å². The van der Waals surface area contributed by atoms with Crippen LogP contribution in [-0.2, 0) is 12.8 Å². The lowest BCUT2D eigenvalue weighted by Gasteiger charge is -2.02. The predicted octanol–water partition coefficient (Wildman–Crippen LogP) is 4.62. The molecular formula is C14H24. The number of hydrogen-bond donors (Lipinski definition) is 0. The van der Waals surface area contributed by atoms with Crippen molar-refractivity contribution in [1.29, 1.82) is 0 Å². The summed E-state index contributed by atoms with van der Waals surface area (Å²) in [5, 5.41) is 0. The molecule has 0 unspecified atom stereocenters. The van der Waals surface area contributed by atoms with Crippen LogP contribution in [0.25, 0.3) is 0 Å². The average molecular weight is 192 g/mol. The van der Waals surface area contributed by atoms with Crippen LogP contribution < -0.4 is 0 Å². The molecule has 0 nitrogen and oxygen atoms in total. The standard InChI is InChI=1S/C12H18.C2H6/c1-3-6-11-8-5-9-12(10-11)7-4-2;1-2/h5,8-10H,3-4,6-7H2,1-2H3;1-2H3. The Morgan fingerprint density at radius 2 is 1.29 bits per heavy atom. The highest BCUT2D eigenvalue weighted by Gasteiger charge is 1.93. The molecule has 1 aromatic rings. The Hall–Kier alpha value is -0.780. The zero-order chi connectivity index (χ0) is 10.8. The van der Waals surface area contributed by atoms with E-state index in [0.29, 0.717) is 0 Å². The van der Waals surface area contributed by atoms with E-state index in [-0.39, 0.29) is 0 Å². The van der Waals surface area contributed by atoms with Crippen LogP contribution in [0.4, 0.5) is 0 Å². The molecule has 0 heteroatoms. The third-order valence-corrected chi connectivity index (χ3v) is 2.07. The first-order valence-corrected chi connectivity index (χ1v) is 5.94. The van der Waals surface area contributed by atoms with E-state index in [0.717, 1.165) is 0 Å². The molecule has 1 rings (SSSR count). The Kier molecular flexibility index (Phi) is 8.31. The molecule has 0 fully saturated rings. The molecule has 0 spiro atoms. The quantitative estimate of drug-likeness (QED) is 0.653. The lowest BCUT2D eigenvalue weighted by Crippen LogP contribution is -1.87. The number of rotatable bonds is 4. The van der Waals surface area contributed by atoms with Gasteiger partial charge in [-0.15, -0.1) is 0 Å². The van der Waals surface area contributed by atoms with Gasteiger partial charge in [-0.3, -0.25) is 0 Å². The molecule has 0 aromatic heterocycles. The van der Waals surface area contributed by atoms with E-state index in [1.165, 1.54) is 36.8 Å². The Morgan fingerprint density at radius 3 is 1.64 bits per heavy atom. The topological polar surface area (TPSA) is 0 Å². The molecular weight excluding hydrogens is 168 g/mol. The van der Waals surface area contributed by atoms with Crippen LogP contribution in [0.5, 0.6) is 0 Å². The van der Waals surface area contributed by atoms with Crippen LogP contribution in [0, 0.1) is 0 Å². The first-order chi connectivity index (χ1) is 6.86. The molecule has 0 radical (unpaired) electrons. The van der Waals surface area contributed by atoms with Crippen LogP contribution in [0.15, 0.2) is 24.3 Å². The summed E-state index contributed by atoms with van der Waals surface area (Å²) in [5.74, 6) is 0. The van der Waals surface area contributed by atoms with Gasteiger partial charge in [-0.1, -0.05) is 64.8 Å². The van der Waals surface area contributed by atoms with Crippen LogP contribution in [0.3, 0.4) is 0 Å². The van der Waals surface area contributed by atoms with Gasteiger partial charge >= 0.3 is 0 Å². The summed E-state index contributed by atoms with van der Waals surface area (Å²) in [7, 11) is 0. The van der Waals surface area contributed by atoms with Crippen molar-refractivity contribution in [2.45, 2.75) is 53.4 Å². The third-order valence-electron chi connectivity index (χ3n) is 2.07. The molecule has 0 saturated heterocycles. The largest absolute Gasteiger partial charge is 0.0683 e. The SMILES string of the molecule is CC.CCCc1cccc(CCC)c1. The van der Waals surface area contributed by atoms with E-state index in [4.69, 9.17) is 0 Å². The van der Waals surface area contributed by atoms with Crippen molar-refractivity contribution in [2.24, 2.45) is 0 Å². The second-order valence-electron chi connectivity index (χ2n) is 3.32. The van der Waals surface area contributed by atoms with Gasteiger partial charge in [0.05, 0.1) is 0 Å². The van der Waals surface area contributed by atoms with E-state index in [1.807, 2.05) is 13.8 Å². The van der Waals surface area contributed by atoms with Crippen molar-refractivity contribution < 1.29 is 0 Å². The number of hydrogen-bond acceptors (Lipinski definition) is 0. The highest BCUT2D eigenvalue weighted by Crippen LogP contribution is 2.08. The maximum Gasteiger partial charge on any atom is -0.0281 e. The zero-order valence-electron chi connectivity index (χ0n) is 10.1. The van der Waals surface area contributed by atoms with Crippen molar-refractivity contribution in [3.8, 4) is 0 Å². The second-order valence-corrected chi connectivity index (χ2v) is 3.32. The second kappa shape index (κ2) is 8.80. The lowest BCUT2D eigenvalue weighted by molar-refractivity contribution is 0.895. The van der Waals surface area contributed by atoms with Gasteiger partial charge in [0, 0.05) is 0 Å². The minimum absolute atomic E-state index is 1.22. The van der Waals surface area contributed by atoms with E-state index in [9.17, 15) is 0 Å². The minimum Gasteiger partial charge on any atom is -0.0683 e. The summed E-state index contributed by atoms with van der Waals surface area (Å²) in [6.07, 6.45) is 4.93. The maximum atomic E-state index is 2.34. The van der Waals surface area contributed by atoms with Crippen molar-refractivity contribution in [3.63, 3.8) is 0 Å². The molecule has 0 amide bonds. The van der Waals surface area contributed by atoms with E-state index in [1.54, 1.807) is 0 Å². The van der Waals surface area contributed by atoms with Gasteiger partial charge in [0.1, 0.15) is 0 Å². The van der Waals surface area contributed by atoms with Gasteiger partial charge < -0.3 is 0 Å². The van der Waals surface area contributed by atoms with Crippen molar-refractivity contribution in [2.75, 3.05) is 0 Å². The first kappa shape index (κ1) is 13.2. The fourth-order valence-corrected chi connectivity index (χ4v) is 1.52. The fraction of sp³-hybridized carbons (Fsp3) is 0.571. The highest BCUT2D eigenvalue weighted by atomic mass is 14.0. The van der Waals surface area contributed by atoms with Gasteiger partial charge in [0.25, 0.3) is 0 Å². The van der Waals surface area contributed by atoms with Gasteiger partial charge in [0.15, 0.2) is 0 Å². The molecule has 0 N–H and O–H groups in total. The molecule has 80 valence electrons. The first-order valence-electron chi connectivity index (χ1n) is 5.94. The highest BCUT2D eigenvalue weighted by molar-refractivity contribution is 5.23. The zero-order valence-corrected chi connectivity index (χ0v) is 10.1. The Labute approximate surface area is 89.4 Å². The van der Waals surface area contributed by atoms with Gasteiger partial charge in [-0.2, -0.15) is 0 Å². The number of aryl methyl sites for hydroxylation is 2. The normalized spacial score (nSPS) is 9.14. The molecule has 0 aliphatic rings. The molecule has 0 atom stereocenters. The Morgan fingerprint density at radius 1 is 0.857 bits per heavy atom. The summed E-state index contributed by atoms with van der Waals surface area (Å²) < 4.78 is 0. The Bertz CT molecular complexity index is 204. The molecule has 0 saturated carbocycles. The Balaban J connectivity index is 0.000000791. The van der Waals surface area contributed by atoms with Crippen molar-refractivity contribution in [1.82, 2.24) is 0 Å². The fourth-order valence-electron chi connectivity index (χ4n) is 1.52. The van der Waals surface area contributed by atoms with Gasteiger partial charge in [-0.05, 0) is 24.0 Å². The van der Waals surface area contributed by atoms with E-state index < -0.39 is 0 Å². The van der Waals surface area contributed by atoms with E-state index >= 15 is 0 Å². The molecule has 0 bridgehead atoms.